The monoisotopic (exact) mass is 168 g/mol. The number of hydrogen-bond acceptors (Lipinski definition) is 3. The molecule has 12 heavy (non-hydrogen) atoms. The predicted octanol–water partition coefficient (Wildman–Crippen LogP) is 0.338. The first kappa shape index (κ1) is 9.01. The number of nitrogens with two attached hydrogens (primary N) is 1. The molecule has 0 aromatic rings. The maximum absolute atomic E-state index is 10.5. The summed E-state index contributed by atoms with van der Waals surface area (Å²) in [6.07, 6.45) is 2.48. The van der Waals surface area contributed by atoms with Crippen molar-refractivity contribution in [3.8, 4) is 6.07 Å². The first-order valence-corrected chi connectivity index (χ1v) is 4.05. The number of nitriles is 1. The lowest BCUT2D eigenvalue weighted by Crippen LogP contribution is -2.39. The van der Waals surface area contributed by atoms with Crippen LogP contribution < -0.4 is 5.73 Å². The van der Waals surface area contributed by atoms with Crippen LogP contribution in [0.25, 0.3) is 0 Å². The van der Waals surface area contributed by atoms with Crippen molar-refractivity contribution in [1.29, 1.82) is 5.26 Å². The molecule has 0 aliphatic heterocycles. The molecule has 66 valence electrons. The third-order valence-electron chi connectivity index (χ3n) is 2.48. The summed E-state index contributed by atoms with van der Waals surface area (Å²) in [6, 6.07) is 1.24. The minimum absolute atomic E-state index is 0.146. The van der Waals surface area contributed by atoms with E-state index >= 15 is 0 Å². The Morgan fingerprint density at radius 1 is 1.67 bits per heavy atom. The third kappa shape index (κ3) is 1.56. The van der Waals surface area contributed by atoms with Gasteiger partial charge < -0.3 is 10.8 Å². The maximum Gasteiger partial charge on any atom is 0.320 e. The van der Waals surface area contributed by atoms with Crippen LogP contribution in [0.1, 0.15) is 19.3 Å². The van der Waals surface area contributed by atoms with Crippen molar-refractivity contribution in [3.05, 3.63) is 0 Å². The van der Waals surface area contributed by atoms with Gasteiger partial charge in [0.2, 0.25) is 0 Å². The summed E-state index contributed by atoms with van der Waals surface area (Å²) >= 11 is 0. The highest BCUT2D eigenvalue weighted by Gasteiger charge is 2.35. The first-order chi connectivity index (χ1) is 5.66. The van der Waals surface area contributed by atoms with Crippen LogP contribution in [-0.2, 0) is 4.79 Å². The summed E-state index contributed by atoms with van der Waals surface area (Å²) in [4.78, 5) is 10.5. The molecule has 0 aromatic carbocycles. The van der Waals surface area contributed by atoms with Crippen LogP contribution in [0.4, 0.5) is 0 Å². The topological polar surface area (TPSA) is 87.1 Å². The summed E-state index contributed by atoms with van der Waals surface area (Å²) in [5.74, 6) is -1.30. The number of hydrogen-bond donors (Lipinski definition) is 2. The zero-order chi connectivity index (χ0) is 9.14. The molecule has 4 heteroatoms. The van der Waals surface area contributed by atoms with Crippen molar-refractivity contribution in [2.24, 2.45) is 17.6 Å². The molecule has 0 spiro atoms. The van der Waals surface area contributed by atoms with Crippen molar-refractivity contribution in [3.63, 3.8) is 0 Å². The zero-order valence-corrected chi connectivity index (χ0v) is 6.73. The molecular formula is C8H12N2O2. The predicted molar refractivity (Wildman–Crippen MR) is 42.1 cm³/mol. The summed E-state index contributed by atoms with van der Waals surface area (Å²) in [5, 5.41) is 17.3. The molecule has 1 rings (SSSR count). The van der Waals surface area contributed by atoms with Crippen LogP contribution in [0.2, 0.25) is 0 Å². The largest absolute Gasteiger partial charge is 0.480 e. The normalized spacial score (nSPS) is 31.0. The van der Waals surface area contributed by atoms with Gasteiger partial charge in [-0.1, -0.05) is 6.42 Å². The van der Waals surface area contributed by atoms with Gasteiger partial charge in [0.1, 0.15) is 6.04 Å². The molecule has 0 amide bonds. The average Bonchev–Trinajstić information content (AvgIpc) is 2.49. The fraction of sp³-hybridized carbons (Fsp3) is 0.750. The van der Waals surface area contributed by atoms with Crippen LogP contribution in [0, 0.1) is 23.2 Å². The Kier molecular flexibility index (Phi) is 2.66. The highest BCUT2D eigenvalue weighted by atomic mass is 16.4. The van der Waals surface area contributed by atoms with Gasteiger partial charge in [0.05, 0.1) is 12.0 Å². The van der Waals surface area contributed by atoms with Gasteiger partial charge in [-0.15, -0.1) is 0 Å². The summed E-state index contributed by atoms with van der Waals surface area (Å²) in [6.45, 7) is 0. The average molecular weight is 168 g/mol. The minimum atomic E-state index is -0.998. The molecule has 4 nitrogen and oxygen atoms in total. The fourth-order valence-electron chi connectivity index (χ4n) is 1.76. The second kappa shape index (κ2) is 3.55. The number of carbonyl (C=O) groups is 1. The second-order valence-electron chi connectivity index (χ2n) is 3.19. The number of carboxylic acid groups (broad SMARTS) is 1. The van der Waals surface area contributed by atoms with Gasteiger partial charge in [-0.25, -0.2) is 0 Å². The van der Waals surface area contributed by atoms with Gasteiger partial charge in [-0.3, -0.25) is 4.79 Å². The summed E-state index contributed by atoms with van der Waals surface area (Å²) in [5.41, 5.74) is 5.44. The van der Waals surface area contributed by atoms with Crippen molar-refractivity contribution in [2.45, 2.75) is 25.3 Å². The van der Waals surface area contributed by atoms with Gasteiger partial charge >= 0.3 is 5.97 Å². The molecule has 3 N–H and O–H groups in total. The fourth-order valence-corrected chi connectivity index (χ4v) is 1.76. The number of rotatable bonds is 2. The van der Waals surface area contributed by atoms with Gasteiger partial charge in [0.25, 0.3) is 0 Å². The zero-order valence-electron chi connectivity index (χ0n) is 6.73. The molecule has 2 unspecified atom stereocenters. The smallest absolute Gasteiger partial charge is 0.320 e. The molecule has 0 saturated heterocycles. The molecule has 1 fully saturated rings. The molecular weight excluding hydrogens is 156 g/mol. The van der Waals surface area contributed by atoms with Crippen LogP contribution in [0.3, 0.4) is 0 Å². The Labute approximate surface area is 71.0 Å². The highest BCUT2D eigenvalue weighted by molar-refractivity contribution is 5.73. The molecule has 0 heterocycles. The van der Waals surface area contributed by atoms with Gasteiger partial charge in [-0.05, 0) is 12.8 Å². The standard InChI is InChI=1S/C8H12N2O2/c9-4-5-2-1-3-6(5)7(10)8(11)12/h5-7H,1-3,10H2,(H,11,12)/t5?,6?,7-/m0/s1. The van der Waals surface area contributed by atoms with Crippen LogP contribution in [-0.4, -0.2) is 17.1 Å². The Morgan fingerprint density at radius 3 is 2.83 bits per heavy atom. The lowest BCUT2D eigenvalue weighted by Gasteiger charge is -2.17. The van der Waals surface area contributed by atoms with Crippen LogP contribution in [0.15, 0.2) is 0 Å². The van der Waals surface area contributed by atoms with Crippen LogP contribution >= 0.6 is 0 Å². The van der Waals surface area contributed by atoms with Crippen LogP contribution in [0.5, 0.6) is 0 Å². The Hall–Kier alpha value is -1.08. The van der Waals surface area contributed by atoms with Crippen molar-refractivity contribution >= 4 is 5.97 Å². The molecule has 3 atom stereocenters. The summed E-state index contributed by atoms with van der Waals surface area (Å²) in [7, 11) is 0. The molecule has 0 radical (unpaired) electrons. The molecule has 1 aliphatic carbocycles. The van der Waals surface area contributed by atoms with Gasteiger partial charge in [0.15, 0.2) is 0 Å². The Bertz CT molecular complexity index is 222. The van der Waals surface area contributed by atoms with E-state index in [1.165, 1.54) is 0 Å². The first-order valence-electron chi connectivity index (χ1n) is 4.05. The molecule has 0 aromatic heterocycles. The lowest BCUT2D eigenvalue weighted by molar-refractivity contribution is -0.140. The van der Waals surface area contributed by atoms with Crippen molar-refractivity contribution in [1.82, 2.24) is 0 Å². The number of carboxylic acids is 1. The van der Waals surface area contributed by atoms with E-state index in [4.69, 9.17) is 16.1 Å². The quantitative estimate of drug-likeness (QED) is 0.622. The van der Waals surface area contributed by atoms with E-state index in [0.717, 1.165) is 19.3 Å². The van der Waals surface area contributed by atoms with E-state index in [-0.39, 0.29) is 11.8 Å². The Morgan fingerprint density at radius 2 is 2.33 bits per heavy atom. The summed E-state index contributed by atoms with van der Waals surface area (Å²) < 4.78 is 0. The van der Waals surface area contributed by atoms with Crippen molar-refractivity contribution in [2.75, 3.05) is 0 Å². The van der Waals surface area contributed by atoms with E-state index < -0.39 is 12.0 Å². The molecule has 1 aliphatic rings. The number of aliphatic carboxylic acids is 1. The van der Waals surface area contributed by atoms with Crippen molar-refractivity contribution < 1.29 is 9.90 Å². The highest BCUT2D eigenvalue weighted by Crippen LogP contribution is 2.32. The molecule has 0 bridgehead atoms. The van der Waals surface area contributed by atoms with Gasteiger partial charge in [0, 0.05) is 5.92 Å². The van der Waals surface area contributed by atoms with E-state index in [2.05, 4.69) is 6.07 Å². The minimum Gasteiger partial charge on any atom is -0.480 e. The maximum atomic E-state index is 10.5. The second-order valence-corrected chi connectivity index (χ2v) is 3.19. The molecule has 1 saturated carbocycles. The van der Waals surface area contributed by atoms with E-state index in [1.807, 2.05) is 0 Å². The van der Waals surface area contributed by atoms with E-state index in [0.29, 0.717) is 0 Å². The third-order valence-corrected chi connectivity index (χ3v) is 2.48. The Balaban J connectivity index is 2.62. The van der Waals surface area contributed by atoms with Gasteiger partial charge in [-0.2, -0.15) is 5.26 Å². The SMILES string of the molecule is N#CC1CCCC1[C@H](N)C(=O)O. The van der Waals surface area contributed by atoms with E-state index in [9.17, 15) is 4.79 Å². The van der Waals surface area contributed by atoms with E-state index in [1.54, 1.807) is 0 Å². The lowest BCUT2D eigenvalue weighted by atomic mass is 9.90. The number of nitrogens with zero attached hydrogens (tertiary/aromatic N) is 1.